The number of aryl methyl sites for hydroxylation is 2. The van der Waals surface area contributed by atoms with Crippen LogP contribution in [0.4, 0.5) is 5.69 Å². The van der Waals surface area contributed by atoms with Gasteiger partial charge in [0.2, 0.25) is 6.41 Å². The van der Waals surface area contributed by atoms with Crippen molar-refractivity contribution < 1.29 is 14.3 Å². The summed E-state index contributed by atoms with van der Waals surface area (Å²) < 4.78 is 7.63. The third-order valence-electron chi connectivity index (χ3n) is 3.40. The average molecular weight is 345 g/mol. The predicted molar refractivity (Wildman–Crippen MR) is 99.8 cm³/mol. The molecule has 0 unspecified atom stereocenters. The molecule has 0 aliphatic heterocycles. The van der Waals surface area contributed by atoms with Crippen molar-refractivity contribution in [3.05, 3.63) is 47.8 Å². The van der Waals surface area contributed by atoms with Crippen LogP contribution in [0.15, 0.2) is 36.7 Å². The molecule has 3 N–H and O–H groups in total. The van der Waals surface area contributed by atoms with Crippen molar-refractivity contribution in [1.29, 1.82) is 0 Å². The molecule has 2 aromatic rings. The number of para-hydroxylation sites is 1. The van der Waals surface area contributed by atoms with E-state index in [1.165, 1.54) is 0 Å². The zero-order chi connectivity index (χ0) is 18.7. The fraction of sp³-hybridized carbons (Fsp3) is 0.368. The van der Waals surface area contributed by atoms with Gasteiger partial charge in [0.25, 0.3) is 5.91 Å². The Labute approximate surface area is 149 Å². The highest BCUT2D eigenvalue weighted by Crippen LogP contribution is 2.23. The van der Waals surface area contributed by atoms with Crippen LogP contribution in [0.1, 0.15) is 42.6 Å². The number of carbonyl (C=O) groups excluding carboxylic acids is 2. The third kappa shape index (κ3) is 6.33. The Morgan fingerprint density at radius 3 is 2.56 bits per heavy atom. The van der Waals surface area contributed by atoms with Crippen molar-refractivity contribution in [2.45, 2.75) is 33.1 Å². The van der Waals surface area contributed by atoms with E-state index in [9.17, 15) is 4.79 Å². The van der Waals surface area contributed by atoms with Gasteiger partial charge >= 0.3 is 0 Å². The van der Waals surface area contributed by atoms with Gasteiger partial charge < -0.3 is 20.4 Å². The standard InChI is InChI=1S/C18H24N2O2.CH3NO/c1-4-8-14-12-20(3)13-16(14)19-18(21)15-9-6-7-10-17(15)22-11-5-2;2-1-3/h6-7,9-10,12-13H,4-5,8,11H2,1-3H3,(H,19,21);1H,(H2,2,3). The molecule has 0 radical (unpaired) electrons. The Morgan fingerprint density at radius 2 is 1.92 bits per heavy atom. The molecule has 0 atom stereocenters. The lowest BCUT2D eigenvalue weighted by molar-refractivity contribution is -0.106. The summed E-state index contributed by atoms with van der Waals surface area (Å²) in [5, 5.41) is 3.01. The number of aromatic nitrogens is 1. The summed E-state index contributed by atoms with van der Waals surface area (Å²) in [5.41, 5.74) is 6.77. The van der Waals surface area contributed by atoms with Gasteiger partial charge in [-0.1, -0.05) is 32.4 Å². The summed E-state index contributed by atoms with van der Waals surface area (Å²) in [5.74, 6) is 0.505. The summed E-state index contributed by atoms with van der Waals surface area (Å²) in [6.45, 7) is 4.78. The molecule has 6 heteroatoms. The second-order valence-electron chi connectivity index (χ2n) is 5.55. The molecule has 0 spiro atoms. The minimum Gasteiger partial charge on any atom is -0.493 e. The van der Waals surface area contributed by atoms with Crippen LogP contribution in [-0.4, -0.2) is 23.5 Å². The van der Waals surface area contributed by atoms with E-state index in [0.717, 1.165) is 30.5 Å². The molecule has 0 aliphatic carbocycles. The van der Waals surface area contributed by atoms with Crippen LogP contribution >= 0.6 is 0 Å². The van der Waals surface area contributed by atoms with Gasteiger partial charge in [-0.2, -0.15) is 0 Å². The van der Waals surface area contributed by atoms with Gasteiger partial charge in [0.15, 0.2) is 0 Å². The Morgan fingerprint density at radius 1 is 1.24 bits per heavy atom. The number of hydrogen-bond donors (Lipinski definition) is 2. The van der Waals surface area contributed by atoms with E-state index in [1.54, 1.807) is 6.07 Å². The molecule has 0 aliphatic rings. The van der Waals surface area contributed by atoms with Crippen molar-refractivity contribution in [1.82, 2.24) is 4.57 Å². The van der Waals surface area contributed by atoms with Gasteiger partial charge in [-0.3, -0.25) is 9.59 Å². The number of nitrogens with zero attached hydrogens (tertiary/aromatic N) is 1. The summed E-state index contributed by atoms with van der Waals surface area (Å²) in [4.78, 5) is 21.1. The van der Waals surface area contributed by atoms with E-state index < -0.39 is 0 Å². The highest BCUT2D eigenvalue weighted by molar-refractivity contribution is 6.06. The van der Waals surface area contributed by atoms with Crippen molar-refractivity contribution in [3.8, 4) is 5.75 Å². The molecule has 0 fully saturated rings. The smallest absolute Gasteiger partial charge is 0.259 e. The normalized spacial score (nSPS) is 9.72. The van der Waals surface area contributed by atoms with E-state index in [1.807, 2.05) is 42.9 Å². The first-order valence-electron chi connectivity index (χ1n) is 8.40. The first-order chi connectivity index (χ1) is 12.1. The van der Waals surface area contributed by atoms with Crippen molar-refractivity contribution in [2.75, 3.05) is 11.9 Å². The zero-order valence-electron chi connectivity index (χ0n) is 15.1. The molecule has 0 bridgehead atoms. The molecule has 6 nitrogen and oxygen atoms in total. The topological polar surface area (TPSA) is 86.3 Å². The number of rotatable bonds is 7. The number of nitrogens with two attached hydrogens (primary N) is 1. The minimum atomic E-state index is -0.129. The zero-order valence-corrected chi connectivity index (χ0v) is 15.1. The largest absolute Gasteiger partial charge is 0.493 e. The summed E-state index contributed by atoms with van der Waals surface area (Å²) in [6.07, 6.45) is 7.15. The van der Waals surface area contributed by atoms with Gasteiger partial charge in [0.1, 0.15) is 5.75 Å². The molecule has 0 saturated heterocycles. The number of primary amides is 1. The Hall–Kier alpha value is -2.76. The van der Waals surface area contributed by atoms with Crippen LogP contribution in [-0.2, 0) is 18.3 Å². The van der Waals surface area contributed by atoms with Crippen molar-refractivity contribution in [2.24, 2.45) is 12.8 Å². The van der Waals surface area contributed by atoms with Crippen LogP contribution in [0.3, 0.4) is 0 Å². The molecule has 1 heterocycles. The summed E-state index contributed by atoms with van der Waals surface area (Å²) in [6, 6.07) is 7.36. The second kappa shape index (κ2) is 10.9. The summed E-state index contributed by atoms with van der Waals surface area (Å²) in [7, 11) is 1.97. The van der Waals surface area contributed by atoms with Crippen LogP contribution in [0.25, 0.3) is 0 Å². The quantitative estimate of drug-likeness (QED) is 0.756. The van der Waals surface area contributed by atoms with Gasteiger partial charge in [-0.25, -0.2) is 0 Å². The Balaban J connectivity index is 0.000000970. The SMILES string of the molecule is CCCOc1ccccc1C(=O)Nc1cn(C)cc1CCC.NC=O. The monoisotopic (exact) mass is 345 g/mol. The second-order valence-corrected chi connectivity index (χ2v) is 5.55. The lowest BCUT2D eigenvalue weighted by atomic mass is 10.1. The molecule has 1 aromatic carbocycles. The average Bonchev–Trinajstić information content (AvgIpc) is 2.93. The maximum atomic E-state index is 12.6. The highest BCUT2D eigenvalue weighted by atomic mass is 16.5. The molecule has 2 amide bonds. The van der Waals surface area contributed by atoms with Gasteiger partial charge in [-0.15, -0.1) is 0 Å². The predicted octanol–water partition coefficient (Wildman–Crippen LogP) is 3.12. The lowest BCUT2D eigenvalue weighted by Crippen LogP contribution is -2.14. The van der Waals surface area contributed by atoms with E-state index >= 15 is 0 Å². The number of ether oxygens (including phenoxy) is 1. The highest BCUT2D eigenvalue weighted by Gasteiger charge is 2.14. The molecule has 2 rings (SSSR count). The van der Waals surface area contributed by atoms with Crippen LogP contribution in [0.2, 0.25) is 0 Å². The molecular weight excluding hydrogens is 318 g/mol. The van der Waals surface area contributed by atoms with E-state index in [-0.39, 0.29) is 12.3 Å². The molecule has 1 aromatic heterocycles. The number of carbonyl (C=O) groups is 2. The van der Waals surface area contributed by atoms with E-state index in [4.69, 9.17) is 9.53 Å². The molecule has 25 heavy (non-hydrogen) atoms. The minimum absolute atomic E-state index is 0.129. The number of amides is 2. The number of nitrogens with one attached hydrogen (secondary N) is 1. The molecular formula is C19H27N3O3. The Bertz CT molecular complexity index is 680. The van der Waals surface area contributed by atoms with E-state index in [0.29, 0.717) is 17.9 Å². The number of hydrogen-bond acceptors (Lipinski definition) is 3. The maximum absolute atomic E-state index is 12.6. The van der Waals surface area contributed by atoms with Gasteiger partial charge in [0, 0.05) is 19.4 Å². The van der Waals surface area contributed by atoms with Gasteiger partial charge in [0.05, 0.1) is 17.9 Å². The summed E-state index contributed by atoms with van der Waals surface area (Å²) >= 11 is 0. The van der Waals surface area contributed by atoms with E-state index in [2.05, 4.69) is 24.2 Å². The first kappa shape index (κ1) is 20.3. The fourth-order valence-corrected chi connectivity index (χ4v) is 2.40. The van der Waals surface area contributed by atoms with Crippen LogP contribution in [0, 0.1) is 0 Å². The third-order valence-corrected chi connectivity index (χ3v) is 3.40. The maximum Gasteiger partial charge on any atom is 0.259 e. The van der Waals surface area contributed by atoms with Crippen LogP contribution < -0.4 is 15.8 Å². The lowest BCUT2D eigenvalue weighted by Gasteiger charge is -2.11. The molecule has 0 saturated carbocycles. The van der Waals surface area contributed by atoms with Crippen molar-refractivity contribution >= 4 is 18.0 Å². The van der Waals surface area contributed by atoms with Crippen molar-refractivity contribution in [3.63, 3.8) is 0 Å². The van der Waals surface area contributed by atoms with Gasteiger partial charge in [-0.05, 0) is 30.5 Å². The fourth-order valence-electron chi connectivity index (χ4n) is 2.40. The number of benzene rings is 1. The van der Waals surface area contributed by atoms with Crippen LogP contribution in [0.5, 0.6) is 5.75 Å². The Kier molecular flexibility index (Phi) is 8.85. The number of anilines is 1. The first-order valence-corrected chi connectivity index (χ1v) is 8.40. The molecule has 136 valence electrons.